The molecule has 194 valence electrons. The highest BCUT2D eigenvalue weighted by atomic mass is 16.2. The second-order valence-electron chi connectivity index (χ2n) is 13.0. The summed E-state index contributed by atoms with van der Waals surface area (Å²) >= 11 is 0. The summed E-state index contributed by atoms with van der Waals surface area (Å²) in [6.45, 7) is 2.64. The van der Waals surface area contributed by atoms with Gasteiger partial charge >= 0.3 is 0 Å². The van der Waals surface area contributed by atoms with Gasteiger partial charge in [0, 0.05) is 23.6 Å². The van der Waals surface area contributed by atoms with Crippen LogP contribution >= 0.6 is 0 Å². The van der Waals surface area contributed by atoms with Crippen LogP contribution in [0, 0.1) is 36.5 Å². The van der Waals surface area contributed by atoms with Crippen LogP contribution in [0.15, 0.2) is 48.5 Å². The molecule has 2 aromatic carbocycles. The summed E-state index contributed by atoms with van der Waals surface area (Å²) < 4.78 is 0. The lowest BCUT2D eigenvalue weighted by Gasteiger charge is -2.54. The summed E-state index contributed by atoms with van der Waals surface area (Å²) in [6, 6.07) is 16.3. The summed E-state index contributed by atoms with van der Waals surface area (Å²) in [6.07, 6.45) is 11.7. The predicted octanol–water partition coefficient (Wildman–Crippen LogP) is 6.30. The molecule has 5 saturated carbocycles. The topological polar surface area (TPSA) is 49.4 Å². The summed E-state index contributed by atoms with van der Waals surface area (Å²) in [4.78, 5) is 31.0. The maximum atomic E-state index is 14.7. The van der Waals surface area contributed by atoms with E-state index in [-0.39, 0.29) is 23.1 Å². The van der Waals surface area contributed by atoms with Crippen LogP contribution in [0.5, 0.6) is 0 Å². The molecule has 0 radical (unpaired) electrons. The molecule has 5 fully saturated rings. The van der Waals surface area contributed by atoms with Crippen LogP contribution < -0.4 is 10.2 Å². The zero-order valence-corrected chi connectivity index (χ0v) is 22.1. The molecule has 0 saturated heterocycles. The number of amides is 2. The summed E-state index contributed by atoms with van der Waals surface area (Å²) in [7, 11) is 0. The monoisotopic (exact) mass is 496 g/mol. The Labute approximate surface area is 221 Å². The molecule has 2 amide bonds. The van der Waals surface area contributed by atoms with Gasteiger partial charge in [-0.25, -0.2) is 0 Å². The van der Waals surface area contributed by atoms with Gasteiger partial charge in [0.25, 0.3) is 0 Å². The highest BCUT2D eigenvalue weighted by Crippen LogP contribution is 2.59. The first-order valence-corrected chi connectivity index (χ1v) is 14.8. The molecule has 6 aliphatic rings. The third-order valence-corrected chi connectivity index (χ3v) is 10.8. The van der Waals surface area contributed by atoms with Gasteiger partial charge in [-0.1, -0.05) is 67.3 Å². The van der Waals surface area contributed by atoms with Gasteiger partial charge in [0.15, 0.2) is 0 Å². The van der Waals surface area contributed by atoms with E-state index >= 15 is 0 Å². The molecule has 37 heavy (non-hydrogen) atoms. The number of hydrogen-bond donors (Lipinski definition) is 1. The first kappa shape index (κ1) is 23.5. The molecule has 1 heterocycles. The van der Waals surface area contributed by atoms with Gasteiger partial charge in [-0.05, 0) is 92.7 Å². The Bertz CT molecular complexity index is 1170. The smallest absolute Gasteiger partial charge is 0.244 e. The van der Waals surface area contributed by atoms with Gasteiger partial charge in [0.05, 0.1) is 0 Å². The van der Waals surface area contributed by atoms with Crippen LogP contribution in [-0.2, 0) is 21.5 Å². The van der Waals surface area contributed by atoms with Crippen molar-refractivity contribution in [3.8, 4) is 0 Å². The minimum Gasteiger partial charge on any atom is -0.350 e. The molecule has 5 aliphatic carbocycles. The van der Waals surface area contributed by atoms with Gasteiger partial charge in [0.2, 0.25) is 11.8 Å². The fraction of sp³-hybridized carbons (Fsp3) is 0.576. The van der Waals surface area contributed by atoms with E-state index in [4.69, 9.17) is 0 Å². The molecule has 4 bridgehead atoms. The van der Waals surface area contributed by atoms with Crippen molar-refractivity contribution in [2.24, 2.45) is 29.6 Å². The standard InChI is InChI=1S/C33H40N2O2/c1-21-10-11-28-27(14-21)33(12-6-3-7-13-33)30(31(36)34-20-22-8-4-2-5-9-22)35(28)32(37)29-25-16-23-15-24(18-25)19-26(29)17-23/h2,4-5,8-11,14,23-26,29-30H,3,6-7,12-13,15-20H2,1H3,(H,34,36). The van der Waals surface area contributed by atoms with E-state index < -0.39 is 6.04 Å². The fourth-order valence-electron chi connectivity index (χ4n) is 9.50. The normalized spacial score (nSPS) is 32.9. The molecule has 4 heteroatoms. The number of carbonyl (C=O) groups excluding carboxylic acids is 2. The van der Waals surface area contributed by atoms with Crippen molar-refractivity contribution in [2.45, 2.75) is 89.1 Å². The van der Waals surface area contributed by atoms with Crippen molar-refractivity contribution in [1.82, 2.24) is 5.32 Å². The molecule has 2 aromatic rings. The number of nitrogens with zero attached hydrogens (tertiary/aromatic N) is 1. The first-order valence-electron chi connectivity index (χ1n) is 14.8. The Hall–Kier alpha value is -2.62. The highest BCUT2D eigenvalue weighted by Gasteiger charge is 2.59. The zero-order chi connectivity index (χ0) is 25.1. The van der Waals surface area contributed by atoms with E-state index in [0.29, 0.717) is 18.4 Å². The predicted molar refractivity (Wildman–Crippen MR) is 146 cm³/mol. The number of nitrogens with one attached hydrogen (secondary N) is 1. The number of benzene rings is 2. The molecule has 8 rings (SSSR count). The van der Waals surface area contributed by atoms with E-state index in [1.54, 1.807) is 0 Å². The summed E-state index contributed by atoms with van der Waals surface area (Å²) in [5.74, 6) is 3.04. The number of fused-ring (bicyclic) bond motifs is 2. The van der Waals surface area contributed by atoms with Crippen LogP contribution in [-0.4, -0.2) is 17.9 Å². The zero-order valence-electron chi connectivity index (χ0n) is 22.1. The van der Waals surface area contributed by atoms with Crippen LogP contribution in [0.3, 0.4) is 0 Å². The third kappa shape index (κ3) is 3.77. The van der Waals surface area contributed by atoms with Gasteiger partial charge < -0.3 is 5.32 Å². The van der Waals surface area contributed by atoms with Crippen molar-refractivity contribution < 1.29 is 9.59 Å². The average Bonchev–Trinajstić information content (AvgIpc) is 3.16. The Morgan fingerprint density at radius 3 is 2.24 bits per heavy atom. The lowest BCUT2D eigenvalue weighted by atomic mass is 9.51. The van der Waals surface area contributed by atoms with Crippen molar-refractivity contribution in [3.63, 3.8) is 0 Å². The minimum absolute atomic E-state index is 0.0248. The van der Waals surface area contributed by atoms with E-state index in [1.165, 1.54) is 49.7 Å². The minimum atomic E-state index is -0.446. The molecule has 1 unspecified atom stereocenters. The number of anilines is 1. The number of rotatable bonds is 4. The Morgan fingerprint density at radius 1 is 0.892 bits per heavy atom. The average molecular weight is 497 g/mol. The van der Waals surface area contributed by atoms with E-state index in [9.17, 15) is 9.59 Å². The van der Waals surface area contributed by atoms with E-state index in [1.807, 2.05) is 23.1 Å². The number of hydrogen-bond acceptors (Lipinski definition) is 2. The highest BCUT2D eigenvalue weighted by molar-refractivity contribution is 6.06. The summed E-state index contributed by atoms with van der Waals surface area (Å²) in [5.41, 5.74) is 4.31. The lowest BCUT2D eigenvalue weighted by molar-refractivity contribution is -0.138. The lowest BCUT2D eigenvalue weighted by Crippen LogP contribution is -2.60. The Morgan fingerprint density at radius 2 is 1.57 bits per heavy atom. The van der Waals surface area contributed by atoms with Gasteiger partial charge in [-0.3, -0.25) is 14.5 Å². The molecule has 1 aliphatic heterocycles. The maximum Gasteiger partial charge on any atom is 0.244 e. The first-order chi connectivity index (χ1) is 18.0. The Kier molecular flexibility index (Phi) is 5.71. The van der Waals surface area contributed by atoms with E-state index in [2.05, 4.69) is 42.6 Å². The summed E-state index contributed by atoms with van der Waals surface area (Å²) in [5, 5.41) is 3.28. The second kappa shape index (κ2) is 8.99. The van der Waals surface area contributed by atoms with Crippen LogP contribution in [0.2, 0.25) is 0 Å². The number of carbonyl (C=O) groups is 2. The molecular formula is C33H40N2O2. The van der Waals surface area contributed by atoms with Crippen molar-refractivity contribution >= 4 is 17.5 Å². The third-order valence-electron chi connectivity index (χ3n) is 10.8. The molecule has 1 atom stereocenters. The quantitative estimate of drug-likeness (QED) is 0.540. The largest absolute Gasteiger partial charge is 0.350 e. The van der Waals surface area contributed by atoms with Gasteiger partial charge in [0.1, 0.15) is 6.04 Å². The van der Waals surface area contributed by atoms with Gasteiger partial charge in [-0.2, -0.15) is 0 Å². The maximum absolute atomic E-state index is 14.7. The van der Waals surface area contributed by atoms with Crippen LogP contribution in [0.1, 0.15) is 80.9 Å². The van der Waals surface area contributed by atoms with Crippen molar-refractivity contribution in [2.75, 3.05) is 4.90 Å². The molecule has 1 N–H and O–H groups in total. The number of aryl methyl sites for hydroxylation is 1. The van der Waals surface area contributed by atoms with Crippen molar-refractivity contribution in [1.29, 1.82) is 0 Å². The van der Waals surface area contributed by atoms with Gasteiger partial charge in [-0.15, -0.1) is 0 Å². The van der Waals surface area contributed by atoms with E-state index in [0.717, 1.165) is 48.8 Å². The Balaban J connectivity index is 1.28. The molecule has 1 spiro atoms. The molecular weight excluding hydrogens is 456 g/mol. The SMILES string of the molecule is Cc1ccc2c(c1)C1(CCCCC1)C(C(=O)NCc1ccccc1)N2C(=O)C1C2CC3CC(C2)CC1C3. The van der Waals surface area contributed by atoms with Crippen molar-refractivity contribution in [3.05, 3.63) is 65.2 Å². The fourth-order valence-corrected chi connectivity index (χ4v) is 9.50. The van der Waals surface area contributed by atoms with Crippen LogP contribution in [0.4, 0.5) is 5.69 Å². The van der Waals surface area contributed by atoms with Crippen LogP contribution in [0.25, 0.3) is 0 Å². The molecule has 0 aromatic heterocycles. The molecule has 4 nitrogen and oxygen atoms in total. The second-order valence-corrected chi connectivity index (χ2v) is 13.0.